The molecule has 21 heavy (non-hydrogen) atoms. The van der Waals surface area contributed by atoms with Crippen molar-refractivity contribution in [2.45, 2.75) is 26.4 Å². The van der Waals surface area contributed by atoms with Crippen LogP contribution in [0.1, 0.15) is 13.3 Å². The van der Waals surface area contributed by atoms with Gasteiger partial charge in [0.15, 0.2) is 31.3 Å². The Morgan fingerprint density at radius 2 is 1.33 bits per heavy atom. The van der Waals surface area contributed by atoms with Crippen LogP contribution in [0.5, 0.6) is 0 Å². The zero-order valence-electron chi connectivity index (χ0n) is 12.0. The molecule has 0 aliphatic heterocycles. The van der Waals surface area contributed by atoms with Crippen LogP contribution in [0, 0.1) is 0 Å². The van der Waals surface area contributed by atoms with Gasteiger partial charge in [0.25, 0.3) is 0 Å². The summed E-state index contributed by atoms with van der Waals surface area (Å²) in [6, 6.07) is 7.93. The molecule has 2 heterocycles. The lowest BCUT2D eigenvalue weighted by atomic mass is 10.1. The zero-order chi connectivity index (χ0) is 15.3. The summed E-state index contributed by atoms with van der Waals surface area (Å²) in [5.74, 6) is -0.390. The second-order valence-corrected chi connectivity index (χ2v) is 6.43. The van der Waals surface area contributed by atoms with Crippen molar-refractivity contribution >= 4 is 10.1 Å². The van der Waals surface area contributed by atoms with E-state index in [0.29, 0.717) is 0 Å². The first-order valence-corrected chi connectivity index (χ1v) is 8.48. The van der Waals surface area contributed by atoms with Crippen molar-refractivity contribution in [2.24, 2.45) is 0 Å². The van der Waals surface area contributed by atoms with Crippen molar-refractivity contribution < 1.29 is 22.1 Å². The largest absolute Gasteiger partial charge is 0.748 e. The first kappa shape index (κ1) is 15.6. The first-order valence-electron chi connectivity index (χ1n) is 6.90. The van der Waals surface area contributed by atoms with Crippen molar-refractivity contribution in [3.8, 4) is 11.1 Å². The predicted molar refractivity (Wildman–Crippen MR) is 77.1 cm³/mol. The highest BCUT2D eigenvalue weighted by Crippen LogP contribution is 2.15. The Kier molecular flexibility index (Phi) is 5.03. The van der Waals surface area contributed by atoms with Crippen molar-refractivity contribution in [3.05, 3.63) is 49.1 Å². The molecule has 0 bridgehead atoms. The minimum atomic E-state index is -4.17. The molecule has 6 heteroatoms. The van der Waals surface area contributed by atoms with Gasteiger partial charge in [-0.2, -0.15) is 0 Å². The van der Waals surface area contributed by atoms with Crippen molar-refractivity contribution in [2.75, 3.05) is 5.75 Å². The van der Waals surface area contributed by atoms with Gasteiger partial charge in [-0.05, 0) is 11.1 Å². The molecule has 0 saturated carbocycles. The highest BCUT2D eigenvalue weighted by Gasteiger charge is 2.06. The number of hydrogen-bond acceptors (Lipinski definition) is 3. The number of aromatic nitrogens is 2. The Morgan fingerprint density at radius 1 is 0.905 bits per heavy atom. The van der Waals surface area contributed by atoms with Crippen LogP contribution in [0.3, 0.4) is 0 Å². The fourth-order valence-electron chi connectivity index (χ4n) is 2.07. The topological polar surface area (TPSA) is 65.0 Å². The molecule has 0 radical (unpaired) electrons. The fourth-order valence-corrected chi connectivity index (χ4v) is 2.51. The lowest BCUT2D eigenvalue weighted by Gasteiger charge is -2.04. The van der Waals surface area contributed by atoms with Crippen LogP contribution in [0.15, 0.2) is 49.1 Å². The van der Waals surface area contributed by atoms with Crippen LogP contribution < -0.4 is 9.13 Å². The first-order chi connectivity index (χ1) is 9.98. The van der Waals surface area contributed by atoms with Gasteiger partial charge in [-0.1, -0.05) is 6.92 Å². The van der Waals surface area contributed by atoms with Gasteiger partial charge in [-0.15, -0.1) is 0 Å². The Bertz CT molecular complexity index is 680. The minimum absolute atomic E-state index is 0.178. The average Bonchev–Trinajstić information content (AvgIpc) is 2.46. The van der Waals surface area contributed by atoms with Crippen LogP contribution in [-0.4, -0.2) is 18.7 Å². The molecule has 0 fully saturated rings. The summed E-state index contributed by atoms with van der Waals surface area (Å²) in [7, 11) is -4.17. The monoisotopic (exact) mass is 307 g/mol. The van der Waals surface area contributed by atoms with E-state index in [9.17, 15) is 13.0 Å². The highest BCUT2D eigenvalue weighted by molar-refractivity contribution is 7.85. The molecule has 0 unspecified atom stereocenters. The number of hydrogen-bond donors (Lipinski definition) is 0. The third kappa shape index (κ3) is 4.91. The SMILES string of the molecule is CCC[n+]1ccc(-c2cc[n+](CCS(=O)(=O)[O-])cc2)cc1. The summed E-state index contributed by atoms with van der Waals surface area (Å²) in [5.41, 5.74) is 2.16. The highest BCUT2D eigenvalue weighted by atomic mass is 32.2. The van der Waals surface area contributed by atoms with Gasteiger partial charge in [-0.3, -0.25) is 0 Å². The van der Waals surface area contributed by atoms with Crippen LogP contribution in [0.4, 0.5) is 0 Å². The summed E-state index contributed by atoms with van der Waals surface area (Å²) >= 11 is 0. The van der Waals surface area contributed by atoms with Crippen molar-refractivity contribution in [1.82, 2.24) is 0 Å². The Morgan fingerprint density at radius 3 is 1.71 bits per heavy atom. The summed E-state index contributed by atoms with van der Waals surface area (Å²) in [4.78, 5) is 0. The summed E-state index contributed by atoms with van der Waals surface area (Å²) in [6.07, 6.45) is 8.76. The van der Waals surface area contributed by atoms with E-state index in [-0.39, 0.29) is 12.3 Å². The maximum absolute atomic E-state index is 10.6. The molecular formula is C15H19N2O3S+. The lowest BCUT2D eigenvalue weighted by molar-refractivity contribution is -0.696. The molecule has 0 amide bonds. The molecular weight excluding hydrogens is 288 g/mol. The third-order valence-electron chi connectivity index (χ3n) is 3.20. The van der Waals surface area contributed by atoms with Crippen LogP contribution in [0.25, 0.3) is 11.1 Å². The molecule has 0 spiro atoms. The van der Waals surface area contributed by atoms with E-state index in [1.54, 1.807) is 17.0 Å². The molecule has 0 atom stereocenters. The van der Waals surface area contributed by atoms with E-state index in [1.807, 2.05) is 24.5 Å². The van der Waals surface area contributed by atoms with Gasteiger partial charge >= 0.3 is 0 Å². The molecule has 0 N–H and O–H groups in total. The minimum Gasteiger partial charge on any atom is -0.748 e. The third-order valence-corrected chi connectivity index (χ3v) is 3.88. The second kappa shape index (κ2) is 6.78. The summed E-state index contributed by atoms with van der Waals surface area (Å²) in [6.45, 7) is 3.31. The van der Waals surface area contributed by atoms with E-state index in [4.69, 9.17) is 0 Å². The van der Waals surface area contributed by atoms with E-state index in [0.717, 1.165) is 24.1 Å². The van der Waals surface area contributed by atoms with Crippen LogP contribution in [-0.2, 0) is 23.2 Å². The second-order valence-electron chi connectivity index (χ2n) is 4.91. The van der Waals surface area contributed by atoms with Gasteiger partial charge in [-0.25, -0.2) is 17.6 Å². The Labute approximate surface area is 125 Å². The molecule has 0 aliphatic rings. The Balaban J connectivity index is 2.07. The Hall–Kier alpha value is -1.79. The molecule has 0 aromatic carbocycles. The molecule has 112 valence electrons. The number of rotatable bonds is 6. The van der Waals surface area contributed by atoms with Gasteiger partial charge < -0.3 is 4.55 Å². The fraction of sp³-hybridized carbons (Fsp3) is 0.333. The molecule has 2 rings (SSSR count). The predicted octanol–water partition coefficient (Wildman–Crippen LogP) is 0.884. The van der Waals surface area contributed by atoms with Crippen LogP contribution in [0.2, 0.25) is 0 Å². The summed E-state index contributed by atoms with van der Waals surface area (Å²) in [5, 5.41) is 0. The van der Waals surface area contributed by atoms with Crippen molar-refractivity contribution in [3.63, 3.8) is 0 Å². The molecule has 0 saturated heterocycles. The molecule has 2 aromatic heterocycles. The van der Waals surface area contributed by atoms with Gasteiger partial charge in [0.1, 0.15) is 16.7 Å². The van der Waals surface area contributed by atoms with Gasteiger partial charge in [0.05, 0.1) is 5.75 Å². The lowest BCUT2D eigenvalue weighted by Crippen LogP contribution is -2.36. The number of pyridine rings is 2. The summed E-state index contributed by atoms with van der Waals surface area (Å²) < 4.78 is 35.6. The van der Waals surface area contributed by atoms with E-state index < -0.39 is 10.1 Å². The standard InChI is InChI=1S/C15H19N2O3S/c1-2-7-16-8-3-14(4-9-16)15-5-10-17(11-6-15)12-13-21(18,19)20/h3-6,8-11H,2,7,12-13H2,1H3/q+1. The number of aryl methyl sites for hydroxylation is 2. The average molecular weight is 307 g/mol. The maximum Gasteiger partial charge on any atom is 0.169 e. The van der Waals surface area contributed by atoms with E-state index in [1.165, 1.54) is 0 Å². The number of nitrogens with zero attached hydrogens (tertiary/aromatic N) is 2. The smallest absolute Gasteiger partial charge is 0.169 e. The van der Waals surface area contributed by atoms with Crippen LogP contribution >= 0.6 is 0 Å². The maximum atomic E-state index is 10.6. The molecule has 0 aliphatic carbocycles. The normalized spacial score (nSPS) is 11.5. The van der Waals surface area contributed by atoms with E-state index >= 15 is 0 Å². The molecule has 2 aromatic rings. The van der Waals surface area contributed by atoms with E-state index in [2.05, 4.69) is 23.6 Å². The van der Waals surface area contributed by atoms with Gasteiger partial charge in [0.2, 0.25) is 0 Å². The van der Waals surface area contributed by atoms with Crippen molar-refractivity contribution in [1.29, 1.82) is 0 Å². The quantitative estimate of drug-likeness (QED) is 0.588. The van der Waals surface area contributed by atoms with Gasteiger partial charge in [0, 0.05) is 30.7 Å². The zero-order valence-corrected chi connectivity index (χ0v) is 12.8. The molecule has 5 nitrogen and oxygen atoms in total.